The van der Waals surface area contributed by atoms with Crippen LogP contribution in [0.1, 0.15) is 23.6 Å². The summed E-state index contributed by atoms with van der Waals surface area (Å²) >= 11 is 0. The zero-order valence-corrected chi connectivity index (χ0v) is 18.7. The van der Waals surface area contributed by atoms with Gasteiger partial charge in [-0.3, -0.25) is 4.79 Å². The van der Waals surface area contributed by atoms with Crippen LogP contribution in [0.3, 0.4) is 0 Å². The number of para-hydroxylation sites is 1. The number of anilines is 1. The van der Waals surface area contributed by atoms with Gasteiger partial charge < -0.3 is 14.6 Å². The Morgan fingerprint density at radius 2 is 1.91 bits per heavy atom. The van der Waals surface area contributed by atoms with Crippen LogP contribution in [-0.2, 0) is 11.3 Å². The van der Waals surface area contributed by atoms with Crippen LogP contribution in [0.5, 0.6) is 5.75 Å². The summed E-state index contributed by atoms with van der Waals surface area (Å²) in [6.07, 6.45) is 3.64. The third kappa shape index (κ3) is 5.13. The molecule has 164 valence electrons. The van der Waals surface area contributed by atoms with Crippen molar-refractivity contribution in [2.75, 3.05) is 11.9 Å². The molecule has 4 aromatic rings. The van der Waals surface area contributed by atoms with Crippen molar-refractivity contribution in [2.24, 2.45) is 0 Å². The summed E-state index contributed by atoms with van der Waals surface area (Å²) < 4.78 is 7.63. The molecule has 0 aliphatic heterocycles. The summed E-state index contributed by atoms with van der Waals surface area (Å²) in [5, 5.41) is 13.5. The van der Waals surface area contributed by atoms with Gasteiger partial charge in [-0.15, -0.1) is 0 Å². The Morgan fingerprint density at radius 3 is 2.70 bits per heavy atom. The van der Waals surface area contributed by atoms with Crippen molar-refractivity contribution >= 4 is 28.6 Å². The van der Waals surface area contributed by atoms with Gasteiger partial charge in [0, 0.05) is 41.0 Å². The summed E-state index contributed by atoms with van der Waals surface area (Å²) in [4.78, 5) is 12.8. The number of carbonyl (C=O) groups excluding carboxylic acids is 1. The second-order valence-corrected chi connectivity index (χ2v) is 7.80. The molecule has 0 atom stereocenters. The number of nitriles is 1. The summed E-state index contributed by atoms with van der Waals surface area (Å²) in [5.74, 6) is 0.207. The standard InChI is InChI=1S/C28H25N3O2/c1-3-33-25-11-7-10-24(16-25)30-28(32)22(17-29)15-23-19-31(27-13-5-4-12-26(23)27)18-21-9-6-8-20(2)14-21/h4-16,19H,3,18H2,1-2H3,(H,30,32)/b22-15-. The van der Waals surface area contributed by atoms with E-state index in [2.05, 4.69) is 47.1 Å². The molecule has 1 heterocycles. The lowest BCUT2D eigenvalue weighted by atomic mass is 10.1. The number of aromatic nitrogens is 1. The summed E-state index contributed by atoms with van der Waals surface area (Å²) in [6, 6.07) is 25.6. The number of rotatable bonds is 7. The van der Waals surface area contributed by atoms with Crippen LogP contribution in [0, 0.1) is 18.3 Å². The second kappa shape index (κ2) is 9.88. The van der Waals surface area contributed by atoms with E-state index in [0.29, 0.717) is 24.6 Å². The Balaban J connectivity index is 1.64. The Kier molecular flexibility index (Phi) is 6.56. The third-order valence-corrected chi connectivity index (χ3v) is 5.32. The number of fused-ring (bicyclic) bond motifs is 1. The molecule has 1 N–H and O–H groups in total. The Hall–Kier alpha value is -4.30. The molecule has 5 heteroatoms. The van der Waals surface area contributed by atoms with Crippen LogP contribution in [-0.4, -0.2) is 17.1 Å². The van der Waals surface area contributed by atoms with Gasteiger partial charge in [-0.25, -0.2) is 0 Å². The third-order valence-electron chi connectivity index (χ3n) is 5.32. The molecule has 0 saturated heterocycles. The molecule has 0 aliphatic carbocycles. The van der Waals surface area contributed by atoms with E-state index in [1.165, 1.54) is 11.1 Å². The summed E-state index contributed by atoms with van der Waals surface area (Å²) in [7, 11) is 0. The number of hydrogen-bond acceptors (Lipinski definition) is 3. The van der Waals surface area contributed by atoms with E-state index >= 15 is 0 Å². The molecule has 33 heavy (non-hydrogen) atoms. The fraction of sp³-hybridized carbons (Fsp3) is 0.143. The highest BCUT2D eigenvalue weighted by molar-refractivity contribution is 6.10. The van der Waals surface area contributed by atoms with Crippen LogP contribution >= 0.6 is 0 Å². The van der Waals surface area contributed by atoms with Crippen LogP contribution < -0.4 is 10.1 Å². The van der Waals surface area contributed by atoms with Gasteiger partial charge in [0.25, 0.3) is 5.91 Å². The van der Waals surface area contributed by atoms with Crippen LogP contribution in [0.15, 0.2) is 84.6 Å². The molecule has 0 bridgehead atoms. The fourth-order valence-electron chi connectivity index (χ4n) is 3.86. The Bertz CT molecular complexity index is 1380. The molecular formula is C28H25N3O2. The van der Waals surface area contributed by atoms with Gasteiger partial charge in [-0.2, -0.15) is 5.26 Å². The van der Waals surface area contributed by atoms with Crippen molar-refractivity contribution < 1.29 is 9.53 Å². The van der Waals surface area contributed by atoms with E-state index in [4.69, 9.17) is 4.74 Å². The minimum absolute atomic E-state index is 0.0373. The van der Waals surface area contributed by atoms with E-state index in [1.54, 1.807) is 24.3 Å². The minimum atomic E-state index is -0.457. The minimum Gasteiger partial charge on any atom is -0.494 e. The quantitative estimate of drug-likeness (QED) is 0.288. The molecule has 0 saturated carbocycles. The number of hydrogen-bond donors (Lipinski definition) is 1. The predicted molar refractivity (Wildman–Crippen MR) is 132 cm³/mol. The summed E-state index contributed by atoms with van der Waals surface area (Å²) in [6.45, 7) is 5.21. The molecule has 3 aromatic carbocycles. The first-order chi connectivity index (χ1) is 16.1. The van der Waals surface area contributed by atoms with Gasteiger partial charge in [0.05, 0.1) is 6.61 Å². The molecule has 0 unspecified atom stereocenters. The fourth-order valence-corrected chi connectivity index (χ4v) is 3.86. The van der Waals surface area contributed by atoms with Crippen molar-refractivity contribution in [3.8, 4) is 11.8 Å². The number of benzene rings is 3. The lowest BCUT2D eigenvalue weighted by Gasteiger charge is -2.07. The number of amides is 1. The molecule has 0 radical (unpaired) electrons. The number of nitrogens with zero attached hydrogens (tertiary/aromatic N) is 2. The topological polar surface area (TPSA) is 67.0 Å². The largest absolute Gasteiger partial charge is 0.494 e. The lowest BCUT2D eigenvalue weighted by molar-refractivity contribution is -0.112. The van der Waals surface area contributed by atoms with Crippen molar-refractivity contribution in [3.05, 3.63) is 101 Å². The number of carbonyl (C=O) groups is 1. The molecule has 5 nitrogen and oxygen atoms in total. The van der Waals surface area contributed by atoms with Gasteiger partial charge in [0.2, 0.25) is 0 Å². The number of aryl methyl sites for hydroxylation is 1. The normalized spacial score (nSPS) is 11.2. The lowest BCUT2D eigenvalue weighted by Crippen LogP contribution is -2.13. The highest BCUT2D eigenvalue weighted by Gasteiger charge is 2.13. The van der Waals surface area contributed by atoms with Crippen molar-refractivity contribution in [1.29, 1.82) is 5.26 Å². The van der Waals surface area contributed by atoms with E-state index in [9.17, 15) is 10.1 Å². The zero-order chi connectivity index (χ0) is 23.2. The molecule has 0 fully saturated rings. The zero-order valence-electron chi connectivity index (χ0n) is 18.7. The smallest absolute Gasteiger partial charge is 0.266 e. The van der Waals surface area contributed by atoms with E-state index in [1.807, 2.05) is 43.5 Å². The molecular weight excluding hydrogens is 410 g/mol. The number of ether oxygens (including phenoxy) is 1. The molecule has 1 amide bonds. The van der Waals surface area contributed by atoms with Crippen LogP contribution in [0.4, 0.5) is 5.69 Å². The molecule has 0 aliphatic rings. The SMILES string of the molecule is CCOc1cccc(NC(=O)/C(C#N)=C\c2cn(Cc3cccc(C)c3)c3ccccc23)c1. The maximum absolute atomic E-state index is 12.8. The van der Waals surface area contributed by atoms with Gasteiger partial charge in [0.1, 0.15) is 17.4 Å². The average molecular weight is 436 g/mol. The highest BCUT2D eigenvalue weighted by Crippen LogP contribution is 2.25. The molecule has 4 rings (SSSR count). The first kappa shape index (κ1) is 21.9. The van der Waals surface area contributed by atoms with E-state index < -0.39 is 5.91 Å². The molecule has 0 spiro atoms. The first-order valence-electron chi connectivity index (χ1n) is 10.9. The van der Waals surface area contributed by atoms with E-state index in [0.717, 1.165) is 16.5 Å². The van der Waals surface area contributed by atoms with Gasteiger partial charge in [-0.05, 0) is 43.7 Å². The van der Waals surface area contributed by atoms with Gasteiger partial charge in [-0.1, -0.05) is 54.1 Å². The highest BCUT2D eigenvalue weighted by atomic mass is 16.5. The van der Waals surface area contributed by atoms with Crippen molar-refractivity contribution in [2.45, 2.75) is 20.4 Å². The predicted octanol–water partition coefficient (Wildman–Crippen LogP) is 5.94. The first-order valence-corrected chi connectivity index (χ1v) is 10.9. The Morgan fingerprint density at radius 1 is 1.09 bits per heavy atom. The monoisotopic (exact) mass is 435 g/mol. The maximum Gasteiger partial charge on any atom is 0.266 e. The van der Waals surface area contributed by atoms with E-state index in [-0.39, 0.29) is 5.57 Å². The van der Waals surface area contributed by atoms with Crippen molar-refractivity contribution in [1.82, 2.24) is 4.57 Å². The Labute approximate surface area is 193 Å². The maximum atomic E-state index is 12.8. The van der Waals surface area contributed by atoms with Crippen LogP contribution in [0.2, 0.25) is 0 Å². The average Bonchev–Trinajstić information content (AvgIpc) is 3.15. The van der Waals surface area contributed by atoms with Crippen LogP contribution in [0.25, 0.3) is 17.0 Å². The number of nitrogens with one attached hydrogen (secondary N) is 1. The molecule has 1 aromatic heterocycles. The van der Waals surface area contributed by atoms with Gasteiger partial charge in [0.15, 0.2) is 0 Å². The van der Waals surface area contributed by atoms with Gasteiger partial charge >= 0.3 is 0 Å². The second-order valence-electron chi connectivity index (χ2n) is 7.80. The summed E-state index contributed by atoms with van der Waals surface area (Å²) in [5.41, 5.74) is 4.89. The van der Waals surface area contributed by atoms with Crippen molar-refractivity contribution in [3.63, 3.8) is 0 Å².